The van der Waals surface area contributed by atoms with Crippen LogP contribution in [-0.4, -0.2) is 28.0 Å². The number of amides is 1. The number of nitrogens with one attached hydrogen (secondary N) is 1. The summed E-state index contributed by atoms with van der Waals surface area (Å²) in [6, 6.07) is 3.00. The molecule has 2 N–H and O–H groups in total. The Morgan fingerprint density at radius 3 is 2.82 bits per heavy atom. The first-order chi connectivity index (χ1) is 10.6. The Kier molecular flexibility index (Phi) is 3.17. The molecule has 0 radical (unpaired) electrons. The molecular weight excluding hydrogens is 280 g/mol. The average Bonchev–Trinajstić information content (AvgIpc) is 3.19. The fourth-order valence-electron chi connectivity index (χ4n) is 5.16. The molecule has 0 aliphatic heterocycles. The Labute approximate surface area is 129 Å². The average molecular weight is 300 g/mol. The molecular formula is C17H20N2O3. The van der Waals surface area contributed by atoms with Crippen molar-refractivity contribution in [1.29, 1.82) is 0 Å². The number of aromatic nitrogens is 1. The summed E-state index contributed by atoms with van der Waals surface area (Å²) in [7, 11) is 0. The van der Waals surface area contributed by atoms with Gasteiger partial charge in [0.1, 0.15) is 5.69 Å². The van der Waals surface area contributed by atoms with Crippen LogP contribution in [0.15, 0.2) is 18.3 Å². The number of carboxylic acid groups (broad SMARTS) is 1. The first kappa shape index (κ1) is 13.7. The van der Waals surface area contributed by atoms with Gasteiger partial charge >= 0.3 is 5.97 Å². The molecule has 5 atom stereocenters. The van der Waals surface area contributed by atoms with Crippen LogP contribution in [0.4, 0.5) is 0 Å². The SMILES string of the molecule is O=C(O)c1ccnc(C(=O)NC2CC3CC2C2CCCC32)c1. The third-order valence-corrected chi connectivity index (χ3v) is 5.98. The quantitative estimate of drug-likeness (QED) is 0.898. The summed E-state index contributed by atoms with van der Waals surface area (Å²) in [5.41, 5.74) is 0.301. The molecule has 1 amide bonds. The highest BCUT2D eigenvalue weighted by molar-refractivity contribution is 5.95. The van der Waals surface area contributed by atoms with Crippen molar-refractivity contribution >= 4 is 11.9 Å². The molecule has 5 nitrogen and oxygen atoms in total. The van der Waals surface area contributed by atoms with E-state index in [0.29, 0.717) is 5.92 Å². The number of hydrogen-bond acceptors (Lipinski definition) is 3. The largest absolute Gasteiger partial charge is 0.478 e. The maximum atomic E-state index is 12.4. The highest BCUT2D eigenvalue weighted by Gasteiger charge is 2.54. The standard InChI is InChI=1S/C17H20N2O3/c20-16(15-7-9(17(21)22)4-5-18-15)19-14-8-10-6-13(14)12-3-1-2-11(10)12/h4-5,7,10-14H,1-3,6,8H2,(H,19,20)(H,21,22). The van der Waals surface area contributed by atoms with Crippen molar-refractivity contribution in [3.63, 3.8) is 0 Å². The van der Waals surface area contributed by atoms with E-state index in [9.17, 15) is 9.59 Å². The molecule has 1 heterocycles. The van der Waals surface area contributed by atoms with Crippen LogP contribution in [0.1, 0.15) is 53.0 Å². The number of aromatic carboxylic acids is 1. The van der Waals surface area contributed by atoms with E-state index in [1.54, 1.807) is 0 Å². The fourth-order valence-corrected chi connectivity index (χ4v) is 5.16. The van der Waals surface area contributed by atoms with E-state index >= 15 is 0 Å². The highest BCUT2D eigenvalue weighted by atomic mass is 16.4. The molecule has 3 aliphatic carbocycles. The lowest BCUT2D eigenvalue weighted by Crippen LogP contribution is -2.42. The van der Waals surface area contributed by atoms with Crippen LogP contribution in [0.3, 0.4) is 0 Å². The van der Waals surface area contributed by atoms with Gasteiger partial charge in [-0.1, -0.05) is 6.42 Å². The van der Waals surface area contributed by atoms with Crippen LogP contribution in [0.25, 0.3) is 0 Å². The fraction of sp³-hybridized carbons (Fsp3) is 0.588. The van der Waals surface area contributed by atoms with Crippen molar-refractivity contribution in [2.45, 2.75) is 38.1 Å². The van der Waals surface area contributed by atoms with Gasteiger partial charge in [-0.15, -0.1) is 0 Å². The minimum Gasteiger partial charge on any atom is -0.478 e. The predicted molar refractivity (Wildman–Crippen MR) is 79.5 cm³/mol. The Balaban J connectivity index is 1.47. The van der Waals surface area contributed by atoms with Crippen molar-refractivity contribution in [3.8, 4) is 0 Å². The Hall–Kier alpha value is -1.91. The summed E-state index contributed by atoms with van der Waals surface area (Å²) in [5, 5.41) is 12.1. The van der Waals surface area contributed by atoms with Gasteiger partial charge in [-0.25, -0.2) is 4.79 Å². The van der Waals surface area contributed by atoms with Gasteiger partial charge in [0.2, 0.25) is 0 Å². The second kappa shape index (κ2) is 5.07. The minimum atomic E-state index is -1.04. The number of fused-ring (bicyclic) bond motifs is 5. The van der Waals surface area contributed by atoms with Crippen molar-refractivity contribution in [2.24, 2.45) is 23.7 Å². The lowest BCUT2D eigenvalue weighted by atomic mass is 9.79. The van der Waals surface area contributed by atoms with Gasteiger partial charge < -0.3 is 10.4 Å². The summed E-state index contributed by atoms with van der Waals surface area (Å²) in [6.45, 7) is 0. The molecule has 3 saturated carbocycles. The third kappa shape index (κ3) is 2.11. The van der Waals surface area contributed by atoms with Crippen molar-refractivity contribution in [2.75, 3.05) is 0 Å². The van der Waals surface area contributed by atoms with Crippen LogP contribution in [0.5, 0.6) is 0 Å². The van der Waals surface area contributed by atoms with E-state index in [-0.39, 0.29) is 23.2 Å². The second-order valence-electron chi connectivity index (χ2n) is 6.97. The zero-order valence-corrected chi connectivity index (χ0v) is 12.4. The molecule has 116 valence electrons. The van der Waals surface area contributed by atoms with Crippen molar-refractivity contribution < 1.29 is 14.7 Å². The summed E-state index contributed by atoms with van der Waals surface area (Å²) in [6.07, 6.45) is 7.73. The summed E-state index contributed by atoms with van der Waals surface area (Å²) in [5.74, 6) is 1.81. The monoisotopic (exact) mass is 300 g/mol. The highest BCUT2D eigenvalue weighted by Crippen LogP contribution is 2.58. The van der Waals surface area contributed by atoms with Crippen LogP contribution in [-0.2, 0) is 0 Å². The smallest absolute Gasteiger partial charge is 0.335 e. The van der Waals surface area contributed by atoms with Crippen molar-refractivity contribution in [1.82, 2.24) is 10.3 Å². The number of carboxylic acids is 1. The molecule has 0 saturated heterocycles. The van der Waals surface area contributed by atoms with E-state index in [1.807, 2.05) is 0 Å². The molecule has 0 spiro atoms. The van der Waals surface area contributed by atoms with E-state index in [0.717, 1.165) is 24.2 Å². The Morgan fingerprint density at radius 2 is 2.00 bits per heavy atom. The maximum absolute atomic E-state index is 12.4. The molecule has 3 aliphatic rings. The summed E-state index contributed by atoms with van der Waals surface area (Å²) in [4.78, 5) is 27.4. The van der Waals surface area contributed by atoms with Crippen LogP contribution in [0.2, 0.25) is 0 Å². The number of rotatable bonds is 3. The lowest BCUT2D eigenvalue weighted by molar-refractivity contribution is 0.0696. The second-order valence-corrected chi connectivity index (χ2v) is 6.97. The van der Waals surface area contributed by atoms with Gasteiger partial charge in [-0.2, -0.15) is 0 Å². The number of hydrogen-bond donors (Lipinski definition) is 2. The van der Waals surface area contributed by atoms with Crippen LogP contribution < -0.4 is 5.32 Å². The molecule has 1 aromatic rings. The molecule has 5 unspecified atom stereocenters. The Morgan fingerprint density at radius 1 is 1.18 bits per heavy atom. The minimum absolute atomic E-state index is 0.101. The van der Waals surface area contributed by atoms with Gasteiger partial charge in [0.25, 0.3) is 5.91 Å². The number of pyridine rings is 1. The van der Waals surface area contributed by atoms with Crippen molar-refractivity contribution in [3.05, 3.63) is 29.6 Å². The molecule has 3 fully saturated rings. The summed E-state index contributed by atoms with van der Waals surface area (Å²) >= 11 is 0. The van der Waals surface area contributed by atoms with E-state index < -0.39 is 5.97 Å². The number of carbonyl (C=O) groups is 2. The number of nitrogens with zero attached hydrogens (tertiary/aromatic N) is 1. The third-order valence-electron chi connectivity index (χ3n) is 5.98. The van der Waals surface area contributed by atoms with Gasteiger partial charge in [0.15, 0.2) is 0 Å². The Bertz CT molecular complexity index is 630. The van der Waals surface area contributed by atoms with Gasteiger partial charge in [0, 0.05) is 12.2 Å². The number of carbonyl (C=O) groups excluding carboxylic acids is 1. The molecule has 5 heteroatoms. The molecule has 4 rings (SSSR count). The first-order valence-corrected chi connectivity index (χ1v) is 8.13. The van der Waals surface area contributed by atoms with Gasteiger partial charge in [-0.05, 0) is 61.5 Å². The first-order valence-electron chi connectivity index (χ1n) is 8.13. The van der Waals surface area contributed by atoms with E-state index in [2.05, 4.69) is 10.3 Å². The molecule has 22 heavy (non-hydrogen) atoms. The van der Waals surface area contributed by atoms with E-state index in [1.165, 1.54) is 44.0 Å². The molecule has 2 bridgehead atoms. The maximum Gasteiger partial charge on any atom is 0.335 e. The zero-order valence-electron chi connectivity index (χ0n) is 12.4. The zero-order chi connectivity index (χ0) is 15.3. The predicted octanol–water partition coefficient (Wildman–Crippen LogP) is 2.33. The topological polar surface area (TPSA) is 79.3 Å². The van der Waals surface area contributed by atoms with Crippen LogP contribution in [0, 0.1) is 23.7 Å². The molecule has 0 aromatic carbocycles. The van der Waals surface area contributed by atoms with Gasteiger partial charge in [-0.3, -0.25) is 9.78 Å². The normalized spacial score (nSPS) is 35.4. The lowest BCUT2D eigenvalue weighted by Gasteiger charge is -2.32. The molecule has 1 aromatic heterocycles. The summed E-state index contributed by atoms with van der Waals surface area (Å²) < 4.78 is 0. The van der Waals surface area contributed by atoms with Crippen LogP contribution >= 0.6 is 0 Å². The van der Waals surface area contributed by atoms with E-state index in [4.69, 9.17) is 5.11 Å². The van der Waals surface area contributed by atoms with Gasteiger partial charge in [0.05, 0.1) is 5.56 Å².